The van der Waals surface area contributed by atoms with Crippen molar-refractivity contribution in [2.45, 2.75) is 25.3 Å². The van der Waals surface area contributed by atoms with E-state index in [1.54, 1.807) is 12.1 Å². The first kappa shape index (κ1) is 19.0. The van der Waals surface area contributed by atoms with Crippen LogP contribution in [0, 0.1) is 0 Å². The minimum Gasteiger partial charge on any atom is -0.382 e. The molecule has 2 N–H and O–H groups in total. The van der Waals surface area contributed by atoms with E-state index in [-0.39, 0.29) is 30.6 Å². The van der Waals surface area contributed by atoms with Gasteiger partial charge in [0.1, 0.15) is 6.04 Å². The Morgan fingerprint density at radius 2 is 1.96 bits per heavy atom. The van der Waals surface area contributed by atoms with Gasteiger partial charge >= 0.3 is 0 Å². The fourth-order valence-corrected chi connectivity index (χ4v) is 3.18. The third-order valence-electron chi connectivity index (χ3n) is 4.46. The topological polar surface area (TPSA) is 125 Å². The van der Waals surface area contributed by atoms with Crippen LogP contribution in [0.25, 0.3) is 0 Å². The lowest BCUT2D eigenvalue weighted by atomic mass is 10.0. The van der Waals surface area contributed by atoms with Crippen LogP contribution in [0.3, 0.4) is 0 Å². The van der Waals surface area contributed by atoms with Gasteiger partial charge in [-0.15, -0.1) is 0 Å². The van der Waals surface area contributed by atoms with Crippen LogP contribution >= 0.6 is 0 Å². The molecule has 1 atom stereocenters. The first-order valence-electron chi connectivity index (χ1n) is 8.79. The van der Waals surface area contributed by atoms with Gasteiger partial charge in [-0.3, -0.25) is 29.4 Å². The molecule has 3 rings (SSSR count). The van der Waals surface area contributed by atoms with Crippen molar-refractivity contribution in [1.82, 2.24) is 10.2 Å². The van der Waals surface area contributed by atoms with Crippen molar-refractivity contribution < 1.29 is 29.0 Å². The number of rotatable bonds is 8. The lowest BCUT2D eigenvalue weighted by Crippen LogP contribution is -2.54. The molecular weight excluding hydrogens is 354 g/mol. The highest BCUT2D eigenvalue weighted by Crippen LogP contribution is 2.32. The fourth-order valence-electron chi connectivity index (χ4n) is 3.18. The Morgan fingerprint density at radius 3 is 2.70 bits per heavy atom. The zero-order valence-corrected chi connectivity index (χ0v) is 14.7. The highest BCUT2D eigenvalue weighted by Gasteiger charge is 2.45. The number of hydrogen-bond donors (Lipinski definition) is 2. The average Bonchev–Trinajstić information content (AvgIpc) is 2.90. The summed E-state index contributed by atoms with van der Waals surface area (Å²) in [5, 5.41) is 15.6. The number of carbonyl (C=O) groups excluding carboxylic acids is 4. The van der Waals surface area contributed by atoms with Crippen molar-refractivity contribution in [3.63, 3.8) is 0 Å². The quantitative estimate of drug-likeness (QED) is 0.499. The lowest BCUT2D eigenvalue weighted by Gasteiger charge is -2.27. The van der Waals surface area contributed by atoms with Crippen LogP contribution in [0.2, 0.25) is 0 Å². The summed E-state index contributed by atoms with van der Waals surface area (Å²) in [5.41, 5.74) is 0.918. The van der Waals surface area contributed by atoms with Crippen molar-refractivity contribution in [2.24, 2.45) is 0 Å². The molecule has 1 fully saturated rings. The van der Waals surface area contributed by atoms with Gasteiger partial charge in [0.25, 0.3) is 11.8 Å². The zero-order chi connectivity index (χ0) is 19.4. The second-order valence-electron chi connectivity index (χ2n) is 6.27. The SMILES string of the molecule is [O]CCCOCCNc1cccc2c1C(=O)N(C1CCC(=O)NC1=O)C2=O. The Hall–Kier alpha value is -2.78. The summed E-state index contributed by atoms with van der Waals surface area (Å²) in [4.78, 5) is 49.9. The Labute approximate surface area is 155 Å². The summed E-state index contributed by atoms with van der Waals surface area (Å²) in [7, 11) is 0. The van der Waals surface area contributed by atoms with E-state index >= 15 is 0 Å². The monoisotopic (exact) mass is 374 g/mol. The van der Waals surface area contributed by atoms with Crippen molar-refractivity contribution in [2.75, 3.05) is 31.7 Å². The van der Waals surface area contributed by atoms with Gasteiger partial charge in [-0.2, -0.15) is 0 Å². The normalized spacial score (nSPS) is 19.3. The van der Waals surface area contributed by atoms with Gasteiger partial charge < -0.3 is 10.1 Å². The molecule has 1 aromatic rings. The van der Waals surface area contributed by atoms with E-state index in [1.165, 1.54) is 6.07 Å². The Bertz CT molecular complexity index is 778. The van der Waals surface area contributed by atoms with E-state index in [2.05, 4.69) is 10.6 Å². The van der Waals surface area contributed by atoms with Crippen LogP contribution in [-0.2, 0) is 19.4 Å². The first-order chi connectivity index (χ1) is 13.0. The zero-order valence-electron chi connectivity index (χ0n) is 14.7. The summed E-state index contributed by atoms with van der Waals surface area (Å²) in [6.07, 6.45) is 0.636. The maximum absolute atomic E-state index is 12.9. The molecule has 1 radical (unpaired) electrons. The maximum atomic E-state index is 12.9. The van der Waals surface area contributed by atoms with Crippen molar-refractivity contribution >= 4 is 29.3 Å². The molecule has 2 heterocycles. The van der Waals surface area contributed by atoms with Gasteiger partial charge in [0.05, 0.1) is 24.3 Å². The Balaban J connectivity index is 1.72. The number of nitrogens with one attached hydrogen (secondary N) is 2. The molecule has 143 valence electrons. The van der Waals surface area contributed by atoms with Crippen LogP contribution in [0.15, 0.2) is 18.2 Å². The van der Waals surface area contributed by atoms with Crippen LogP contribution in [0.4, 0.5) is 5.69 Å². The van der Waals surface area contributed by atoms with Gasteiger partial charge in [0.15, 0.2) is 0 Å². The van der Waals surface area contributed by atoms with Crippen LogP contribution in [0.5, 0.6) is 0 Å². The number of imide groups is 2. The largest absolute Gasteiger partial charge is 0.382 e. The highest BCUT2D eigenvalue weighted by atomic mass is 16.5. The molecule has 0 bridgehead atoms. The molecule has 4 amide bonds. The van der Waals surface area contributed by atoms with Crippen molar-refractivity contribution in [1.29, 1.82) is 0 Å². The number of benzene rings is 1. The molecule has 9 nitrogen and oxygen atoms in total. The third kappa shape index (κ3) is 3.83. The Morgan fingerprint density at radius 1 is 1.15 bits per heavy atom. The van der Waals surface area contributed by atoms with E-state index in [0.29, 0.717) is 31.9 Å². The van der Waals surface area contributed by atoms with Crippen molar-refractivity contribution in [3.8, 4) is 0 Å². The van der Waals surface area contributed by atoms with Gasteiger partial charge in [-0.1, -0.05) is 6.07 Å². The number of amides is 4. The molecule has 1 unspecified atom stereocenters. The number of carbonyl (C=O) groups is 4. The fraction of sp³-hybridized carbons (Fsp3) is 0.444. The molecule has 2 aliphatic heterocycles. The van der Waals surface area contributed by atoms with Crippen molar-refractivity contribution in [3.05, 3.63) is 29.3 Å². The molecule has 0 spiro atoms. The first-order valence-corrected chi connectivity index (χ1v) is 8.79. The van der Waals surface area contributed by atoms with E-state index in [4.69, 9.17) is 4.74 Å². The molecular formula is C18H20N3O6. The van der Waals surface area contributed by atoms with E-state index in [1.807, 2.05) is 0 Å². The van der Waals surface area contributed by atoms with Gasteiger partial charge in [-0.25, -0.2) is 5.11 Å². The predicted molar refractivity (Wildman–Crippen MR) is 92.6 cm³/mol. The lowest BCUT2D eigenvalue weighted by molar-refractivity contribution is -0.136. The van der Waals surface area contributed by atoms with E-state index in [0.717, 1.165) is 4.90 Å². The number of hydrogen-bond acceptors (Lipinski definition) is 6. The molecule has 9 heteroatoms. The summed E-state index contributed by atoms with van der Waals surface area (Å²) in [6.45, 7) is 0.934. The average molecular weight is 374 g/mol. The van der Waals surface area contributed by atoms with E-state index in [9.17, 15) is 24.3 Å². The number of fused-ring (bicyclic) bond motifs is 1. The third-order valence-corrected chi connectivity index (χ3v) is 4.46. The Kier molecular flexibility index (Phi) is 5.82. The molecule has 27 heavy (non-hydrogen) atoms. The molecule has 1 aromatic carbocycles. The number of ether oxygens (including phenoxy) is 1. The van der Waals surface area contributed by atoms with E-state index < -0.39 is 29.7 Å². The smallest absolute Gasteiger partial charge is 0.264 e. The molecule has 0 saturated carbocycles. The predicted octanol–water partition coefficient (Wildman–Crippen LogP) is 0.337. The molecule has 0 aliphatic carbocycles. The summed E-state index contributed by atoms with van der Waals surface area (Å²) in [6, 6.07) is 3.88. The minimum atomic E-state index is -0.988. The van der Waals surface area contributed by atoms with Crippen LogP contribution in [-0.4, -0.2) is 60.9 Å². The van der Waals surface area contributed by atoms with Crippen LogP contribution in [0.1, 0.15) is 40.0 Å². The second kappa shape index (κ2) is 8.28. The maximum Gasteiger partial charge on any atom is 0.264 e. The molecule has 1 saturated heterocycles. The summed E-state index contributed by atoms with van der Waals surface area (Å²) >= 11 is 0. The molecule has 2 aliphatic rings. The number of anilines is 1. The number of nitrogens with zero attached hydrogens (tertiary/aromatic N) is 1. The van der Waals surface area contributed by atoms with Gasteiger partial charge in [0, 0.05) is 25.3 Å². The number of piperidine rings is 1. The standard InChI is InChI=1S/C18H20N3O6/c22-8-2-9-27-10-7-19-12-4-1-3-11-15(12)18(26)21(17(11)25)13-5-6-14(23)20-16(13)24/h1,3-4,13,19H,2,5-10H2,(H,20,23,24). The molecule has 0 aromatic heterocycles. The highest BCUT2D eigenvalue weighted by molar-refractivity contribution is 6.25. The van der Waals surface area contributed by atoms with Gasteiger partial charge in [-0.05, 0) is 25.0 Å². The second-order valence-corrected chi connectivity index (χ2v) is 6.27. The van der Waals surface area contributed by atoms with Gasteiger partial charge in [0.2, 0.25) is 11.8 Å². The minimum absolute atomic E-state index is 0.0790. The van der Waals surface area contributed by atoms with Crippen LogP contribution < -0.4 is 10.6 Å². The summed E-state index contributed by atoms with van der Waals surface area (Å²) < 4.78 is 5.29. The summed E-state index contributed by atoms with van der Waals surface area (Å²) in [5.74, 6) is -2.14.